The fourth-order valence-corrected chi connectivity index (χ4v) is 6.08. The van der Waals surface area contributed by atoms with Crippen molar-refractivity contribution in [2.45, 2.75) is 62.7 Å². The summed E-state index contributed by atoms with van der Waals surface area (Å²) in [5, 5.41) is 0. The number of carbonyl (C=O) groups is 1. The zero-order valence-electron chi connectivity index (χ0n) is 20.9. The Morgan fingerprint density at radius 3 is 2.17 bits per heavy atom. The summed E-state index contributed by atoms with van der Waals surface area (Å²) < 4.78 is 25.8. The molecule has 0 unspecified atom stereocenters. The molecule has 1 saturated carbocycles. The number of ether oxygens (including phenoxy) is 2. The normalized spacial score (nSPS) is 23.6. The molecule has 1 aliphatic carbocycles. The molecule has 3 saturated heterocycles. The summed E-state index contributed by atoms with van der Waals surface area (Å²) in [6.07, 6.45) is 8.38. The van der Waals surface area contributed by atoms with Gasteiger partial charge in [-0.05, 0) is 87.1 Å². The van der Waals surface area contributed by atoms with E-state index >= 15 is 0 Å². The summed E-state index contributed by atoms with van der Waals surface area (Å²) in [6.45, 7) is 4.64. The van der Waals surface area contributed by atoms with Gasteiger partial charge in [-0.3, -0.25) is 4.79 Å². The van der Waals surface area contributed by atoms with Crippen LogP contribution in [0.1, 0.15) is 44.9 Å². The van der Waals surface area contributed by atoms with E-state index in [0.717, 1.165) is 69.3 Å². The minimum Gasteiger partial charge on any atom is -0.490 e. The van der Waals surface area contributed by atoms with Gasteiger partial charge < -0.3 is 24.2 Å². The van der Waals surface area contributed by atoms with Crippen molar-refractivity contribution in [3.63, 3.8) is 0 Å². The molecule has 3 aliphatic heterocycles. The lowest BCUT2D eigenvalue weighted by molar-refractivity contribution is -0.141. The van der Waals surface area contributed by atoms with Crippen molar-refractivity contribution < 1.29 is 18.7 Å². The van der Waals surface area contributed by atoms with Crippen LogP contribution >= 0.6 is 0 Å². The maximum Gasteiger partial charge on any atom is 0.253 e. The van der Waals surface area contributed by atoms with Crippen molar-refractivity contribution in [3.05, 3.63) is 54.3 Å². The van der Waals surface area contributed by atoms with Crippen LogP contribution in [0.4, 0.5) is 15.8 Å². The van der Waals surface area contributed by atoms with Crippen molar-refractivity contribution in [2.75, 3.05) is 49.1 Å². The van der Waals surface area contributed by atoms with Gasteiger partial charge in [0.15, 0.2) is 0 Å². The summed E-state index contributed by atoms with van der Waals surface area (Å²) in [5.41, 5.74) is 1.58. The van der Waals surface area contributed by atoms with E-state index in [1.54, 1.807) is 17.0 Å². The quantitative estimate of drug-likeness (QED) is 0.608. The zero-order valence-corrected chi connectivity index (χ0v) is 20.9. The fourth-order valence-electron chi connectivity index (χ4n) is 6.08. The molecular formula is C29H36FN3O3. The predicted molar refractivity (Wildman–Crippen MR) is 138 cm³/mol. The molecule has 0 N–H and O–H groups in total. The van der Waals surface area contributed by atoms with Gasteiger partial charge in [-0.2, -0.15) is 0 Å². The van der Waals surface area contributed by atoms with E-state index in [1.165, 1.54) is 37.1 Å². The minimum atomic E-state index is -0.351. The topological polar surface area (TPSA) is 45.2 Å². The molecular weight excluding hydrogens is 457 g/mol. The lowest BCUT2D eigenvalue weighted by atomic mass is 9.88. The van der Waals surface area contributed by atoms with Crippen LogP contribution in [0, 0.1) is 5.82 Å². The Hall–Kier alpha value is -2.64. The zero-order chi connectivity index (χ0) is 24.5. The third kappa shape index (κ3) is 4.96. The number of nitrogens with zero attached hydrogens (tertiary/aromatic N) is 3. The van der Waals surface area contributed by atoms with Gasteiger partial charge in [0.05, 0.1) is 12.1 Å². The van der Waals surface area contributed by atoms with Crippen LogP contribution in [0.5, 0.6) is 5.75 Å². The molecule has 4 aliphatic rings. The number of piperidine rings is 2. The van der Waals surface area contributed by atoms with Gasteiger partial charge in [-0.15, -0.1) is 0 Å². The minimum absolute atomic E-state index is 0.0704. The van der Waals surface area contributed by atoms with E-state index in [2.05, 4.69) is 34.1 Å². The highest BCUT2D eigenvalue weighted by Crippen LogP contribution is 2.35. The molecule has 3 heterocycles. The monoisotopic (exact) mass is 493 g/mol. The first kappa shape index (κ1) is 23.7. The third-order valence-electron chi connectivity index (χ3n) is 8.63. The second-order valence-corrected chi connectivity index (χ2v) is 10.8. The van der Waals surface area contributed by atoms with E-state index in [-0.39, 0.29) is 23.9 Å². The third-order valence-corrected chi connectivity index (χ3v) is 8.63. The smallest absolute Gasteiger partial charge is 0.253 e. The summed E-state index contributed by atoms with van der Waals surface area (Å²) in [5.74, 6) is 0.589. The standard InChI is InChI=1S/C29H36FN3O3/c30-22-4-6-25(7-5-22)33-21-29(35-20-28(33)34)14-18-32(19-15-29)24-8-10-26(11-9-24)36-27-12-16-31(17-13-27)23-2-1-3-23/h4-11,23,27H,1-3,12-21H2. The number of anilines is 2. The maximum absolute atomic E-state index is 13.4. The van der Waals surface area contributed by atoms with Crippen molar-refractivity contribution in [1.29, 1.82) is 0 Å². The van der Waals surface area contributed by atoms with Crippen LogP contribution in [0.2, 0.25) is 0 Å². The molecule has 0 radical (unpaired) electrons. The molecule has 0 bridgehead atoms. The van der Waals surface area contributed by atoms with Crippen LogP contribution in [-0.2, 0) is 9.53 Å². The van der Waals surface area contributed by atoms with Gasteiger partial charge in [-0.1, -0.05) is 6.42 Å². The van der Waals surface area contributed by atoms with Crippen molar-refractivity contribution in [2.24, 2.45) is 0 Å². The number of carbonyl (C=O) groups excluding carboxylic acids is 1. The van der Waals surface area contributed by atoms with Gasteiger partial charge >= 0.3 is 0 Å². The number of halogens is 1. The van der Waals surface area contributed by atoms with Gasteiger partial charge in [0, 0.05) is 43.6 Å². The molecule has 4 fully saturated rings. The van der Waals surface area contributed by atoms with Gasteiger partial charge in [0.2, 0.25) is 0 Å². The maximum atomic E-state index is 13.4. The first-order valence-corrected chi connectivity index (χ1v) is 13.5. The molecule has 0 atom stereocenters. The van der Waals surface area contributed by atoms with Crippen LogP contribution in [0.15, 0.2) is 48.5 Å². The molecule has 1 amide bonds. The summed E-state index contributed by atoms with van der Waals surface area (Å²) in [7, 11) is 0. The average molecular weight is 494 g/mol. The summed E-state index contributed by atoms with van der Waals surface area (Å²) >= 11 is 0. The molecule has 6 nitrogen and oxygen atoms in total. The Morgan fingerprint density at radius 1 is 0.861 bits per heavy atom. The van der Waals surface area contributed by atoms with Gasteiger partial charge in [0.25, 0.3) is 5.91 Å². The Morgan fingerprint density at radius 2 is 1.53 bits per heavy atom. The van der Waals surface area contributed by atoms with Crippen molar-refractivity contribution >= 4 is 17.3 Å². The Kier molecular flexibility index (Phi) is 6.61. The Labute approximate surface area is 213 Å². The highest BCUT2D eigenvalue weighted by Gasteiger charge is 2.42. The van der Waals surface area contributed by atoms with E-state index in [4.69, 9.17) is 9.47 Å². The summed E-state index contributed by atoms with van der Waals surface area (Å²) in [4.78, 5) is 19.3. The van der Waals surface area contributed by atoms with Crippen LogP contribution in [0.3, 0.4) is 0 Å². The highest BCUT2D eigenvalue weighted by atomic mass is 19.1. The van der Waals surface area contributed by atoms with Gasteiger partial charge in [-0.25, -0.2) is 4.39 Å². The molecule has 7 heteroatoms. The van der Waals surface area contributed by atoms with E-state index in [9.17, 15) is 9.18 Å². The number of rotatable bonds is 5. The SMILES string of the molecule is O=C1COC2(CCN(c3ccc(OC4CCN(C5CCC5)CC4)cc3)CC2)CN1c1ccc(F)cc1. The van der Waals surface area contributed by atoms with E-state index in [1.807, 2.05) is 0 Å². The van der Waals surface area contributed by atoms with E-state index in [0.29, 0.717) is 12.6 Å². The van der Waals surface area contributed by atoms with Crippen molar-refractivity contribution in [1.82, 2.24) is 4.90 Å². The molecule has 1 spiro atoms. The lowest BCUT2D eigenvalue weighted by Gasteiger charge is -2.47. The molecule has 0 aromatic heterocycles. The number of morpholine rings is 1. The van der Waals surface area contributed by atoms with Crippen LogP contribution in [-0.4, -0.2) is 67.9 Å². The van der Waals surface area contributed by atoms with Gasteiger partial charge in [0.1, 0.15) is 24.3 Å². The second kappa shape index (κ2) is 10.0. The molecule has 2 aromatic rings. The number of benzene rings is 2. The van der Waals surface area contributed by atoms with Crippen molar-refractivity contribution in [3.8, 4) is 5.75 Å². The highest BCUT2D eigenvalue weighted by molar-refractivity contribution is 5.95. The Bertz CT molecular complexity index is 1040. The molecule has 2 aromatic carbocycles. The number of hydrogen-bond acceptors (Lipinski definition) is 5. The number of likely N-dealkylation sites (tertiary alicyclic amines) is 1. The largest absolute Gasteiger partial charge is 0.490 e. The molecule has 36 heavy (non-hydrogen) atoms. The number of hydrogen-bond donors (Lipinski definition) is 0. The second-order valence-electron chi connectivity index (χ2n) is 10.8. The number of amides is 1. The average Bonchev–Trinajstić information content (AvgIpc) is 2.87. The first-order chi connectivity index (χ1) is 17.6. The molecule has 192 valence electrons. The predicted octanol–water partition coefficient (Wildman–Crippen LogP) is 4.62. The first-order valence-electron chi connectivity index (χ1n) is 13.5. The molecule has 6 rings (SSSR count). The van der Waals surface area contributed by atoms with Crippen LogP contribution in [0.25, 0.3) is 0 Å². The van der Waals surface area contributed by atoms with Crippen LogP contribution < -0.4 is 14.5 Å². The Balaban J connectivity index is 1.02. The fraction of sp³-hybridized carbons (Fsp3) is 0.552. The van der Waals surface area contributed by atoms with E-state index < -0.39 is 0 Å². The lowest BCUT2D eigenvalue weighted by Crippen LogP contribution is -2.59. The summed E-state index contributed by atoms with van der Waals surface area (Å²) in [6, 6.07) is 15.5.